The number of halogens is 2. The minimum Gasteiger partial charge on any atom is -0.484 e. The highest BCUT2D eigenvalue weighted by molar-refractivity contribution is 7.89. The number of aryl methyl sites for hydroxylation is 1. The van der Waals surface area contributed by atoms with Crippen LogP contribution in [0.4, 0.5) is 0 Å². The van der Waals surface area contributed by atoms with Gasteiger partial charge in [-0.15, -0.1) is 0 Å². The van der Waals surface area contributed by atoms with Crippen molar-refractivity contribution in [2.75, 3.05) is 32.8 Å². The van der Waals surface area contributed by atoms with Gasteiger partial charge in [-0.3, -0.25) is 4.79 Å². The van der Waals surface area contributed by atoms with Crippen molar-refractivity contribution in [1.29, 1.82) is 0 Å². The summed E-state index contributed by atoms with van der Waals surface area (Å²) in [5.74, 6) is 0.480. The second-order valence-corrected chi connectivity index (χ2v) is 9.16. The third-order valence-corrected chi connectivity index (χ3v) is 7.16. The predicted octanol–water partition coefficient (Wildman–Crippen LogP) is 3.21. The van der Waals surface area contributed by atoms with E-state index in [1.807, 2.05) is 31.2 Å². The quantitative estimate of drug-likeness (QED) is 0.712. The van der Waals surface area contributed by atoms with Crippen LogP contribution < -0.4 is 4.74 Å². The van der Waals surface area contributed by atoms with Crippen LogP contribution in [0.15, 0.2) is 47.4 Å². The zero-order valence-corrected chi connectivity index (χ0v) is 17.6. The van der Waals surface area contributed by atoms with Gasteiger partial charge >= 0.3 is 0 Å². The third-order valence-electron chi connectivity index (χ3n) is 4.55. The van der Waals surface area contributed by atoms with Crippen LogP contribution in [-0.2, 0) is 14.8 Å². The van der Waals surface area contributed by atoms with E-state index >= 15 is 0 Å². The van der Waals surface area contributed by atoms with Gasteiger partial charge in [0.1, 0.15) is 10.6 Å². The van der Waals surface area contributed by atoms with E-state index in [1.165, 1.54) is 22.5 Å². The molecule has 2 aromatic carbocycles. The summed E-state index contributed by atoms with van der Waals surface area (Å²) in [5, 5.41) is 0.416. The topological polar surface area (TPSA) is 66.9 Å². The second kappa shape index (κ2) is 8.69. The van der Waals surface area contributed by atoms with Crippen molar-refractivity contribution >= 4 is 39.1 Å². The van der Waals surface area contributed by atoms with E-state index in [-0.39, 0.29) is 48.6 Å². The highest BCUT2D eigenvalue weighted by atomic mass is 35.5. The van der Waals surface area contributed by atoms with Gasteiger partial charge < -0.3 is 9.64 Å². The fraction of sp³-hybridized carbons (Fsp3) is 0.316. The summed E-state index contributed by atoms with van der Waals surface area (Å²) in [6.45, 7) is 2.76. The maximum Gasteiger partial charge on any atom is 0.260 e. The van der Waals surface area contributed by atoms with Crippen molar-refractivity contribution in [2.24, 2.45) is 0 Å². The molecule has 3 rings (SSSR count). The number of amides is 1. The molecule has 0 spiro atoms. The van der Waals surface area contributed by atoms with E-state index in [9.17, 15) is 13.2 Å². The Hall–Kier alpha value is -1.80. The molecule has 2 aromatic rings. The maximum absolute atomic E-state index is 12.8. The van der Waals surface area contributed by atoms with E-state index in [0.717, 1.165) is 5.56 Å². The van der Waals surface area contributed by atoms with Crippen molar-refractivity contribution < 1.29 is 17.9 Å². The molecule has 0 saturated carbocycles. The summed E-state index contributed by atoms with van der Waals surface area (Å²) < 4.78 is 32.6. The molecule has 0 bridgehead atoms. The number of nitrogens with zero attached hydrogens (tertiary/aromatic N) is 2. The number of piperazine rings is 1. The van der Waals surface area contributed by atoms with Crippen molar-refractivity contribution in [3.63, 3.8) is 0 Å². The summed E-state index contributed by atoms with van der Waals surface area (Å²) in [5.41, 5.74) is 0.949. The van der Waals surface area contributed by atoms with Gasteiger partial charge in [-0.2, -0.15) is 4.31 Å². The van der Waals surface area contributed by atoms with Gasteiger partial charge in [0.25, 0.3) is 5.91 Å². The summed E-state index contributed by atoms with van der Waals surface area (Å²) >= 11 is 12.0. The molecule has 1 heterocycles. The number of sulfonamides is 1. The molecule has 0 unspecified atom stereocenters. The Morgan fingerprint density at radius 3 is 2.43 bits per heavy atom. The lowest BCUT2D eigenvalue weighted by molar-refractivity contribution is -0.134. The molecule has 0 aromatic heterocycles. The molecule has 150 valence electrons. The SMILES string of the molecule is Cc1ccccc1OCC(=O)N1CCN(S(=O)(=O)c2cc(Cl)ccc2Cl)CC1. The summed E-state index contributed by atoms with van der Waals surface area (Å²) in [7, 11) is -3.78. The third kappa shape index (κ3) is 4.60. The van der Waals surface area contributed by atoms with Gasteiger partial charge in [0, 0.05) is 31.2 Å². The number of hydrogen-bond acceptors (Lipinski definition) is 4. The van der Waals surface area contributed by atoms with Gasteiger partial charge in [-0.25, -0.2) is 8.42 Å². The van der Waals surface area contributed by atoms with Crippen LogP contribution in [0.3, 0.4) is 0 Å². The molecule has 9 heteroatoms. The number of benzene rings is 2. The largest absolute Gasteiger partial charge is 0.484 e. The average molecular weight is 443 g/mol. The molecule has 0 aliphatic carbocycles. The molecular weight excluding hydrogens is 423 g/mol. The molecule has 1 fully saturated rings. The van der Waals surface area contributed by atoms with Crippen LogP contribution in [-0.4, -0.2) is 56.3 Å². The average Bonchev–Trinajstić information content (AvgIpc) is 2.69. The molecule has 1 saturated heterocycles. The monoisotopic (exact) mass is 442 g/mol. The standard InChI is InChI=1S/C19H20Cl2N2O4S/c1-14-4-2-3-5-17(14)27-13-19(24)22-8-10-23(11-9-22)28(25,26)18-12-15(20)6-7-16(18)21/h2-7,12H,8-11,13H2,1H3. The van der Waals surface area contributed by atoms with Crippen molar-refractivity contribution in [3.05, 3.63) is 58.1 Å². The lowest BCUT2D eigenvalue weighted by Gasteiger charge is -2.34. The number of carbonyl (C=O) groups is 1. The van der Waals surface area contributed by atoms with Gasteiger partial charge in [-0.1, -0.05) is 41.4 Å². The van der Waals surface area contributed by atoms with Crippen LogP contribution in [0, 0.1) is 6.92 Å². The summed E-state index contributed by atoms with van der Waals surface area (Å²) in [4.78, 5) is 14.0. The molecule has 28 heavy (non-hydrogen) atoms. The van der Waals surface area contributed by atoms with E-state index in [4.69, 9.17) is 27.9 Å². The van der Waals surface area contributed by atoms with E-state index in [2.05, 4.69) is 0 Å². The van der Waals surface area contributed by atoms with Crippen LogP contribution >= 0.6 is 23.2 Å². The highest BCUT2D eigenvalue weighted by Crippen LogP contribution is 2.28. The predicted molar refractivity (Wildman–Crippen MR) is 108 cm³/mol. The summed E-state index contributed by atoms with van der Waals surface area (Å²) in [6, 6.07) is 11.8. The number of rotatable bonds is 5. The molecule has 6 nitrogen and oxygen atoms in total. The van der Waals surface area contributed by atoms with Crippen molar-refractivity contribution in [3.8, 4) is 5.75 Å². The lowest BCUT2D eigenvalue weighted by Crippen LogP contribution is -2.51. The van der Waals surface area contributed by atoms with Crippen LogP contribution in [0.5, 0.6) is 5.75 Å². The maximum atomic E-state index is 12.8. The van der Waals surface area contributed by atoms with Crippen molar-refractivity contribution in [1.82, 2.24) is 9.21 Å². The van der Waals surface area contributed by atoms with Gasteiger partial charge in [0.15, 0.2) is 6.61 Å². The molecule has 1 aliphatic heterocycles. The Morgan fingerprint density at radius 1 is 1.07 bits per heavy atom. The van der Waals surface area contributed by atoms with E-state index in [1.54, 1.807) is 4.90 Å². The van der Waals surface area contributed by atoms with Crippen molar-refractivity contribution in [2.45, 2.75) is 11.8 Å². The highest BCUT2D eigenvalue weighted by Gasteiger charge is 2.31. The molecule has 1 amide bonds. The van der Waals surface area contributed by atoms with Gasteiger partial charge in [0.2, 0.25) is 10.0 Å². The minimum absolute atomic E-state index is 0.0238. The molecule has 0 N–H and O–H groups in total. The Labute approximate surface area is 174 Å². The van der Waals surface area contributed by atoms with Crippen LogP contribution in [0.25, 0.3) is 0 Å². The van der Waals surface area contributed by atoms with E-state index < -0.39 is 10.0 Å². The first kappa shape index (κ1) is 20.9. The summed E-state index contributed by atoms with van der Waals surface area (Å²) in [6.07, 6.45) is 0. The fourth-order valence-electron chi connectivity index (χ4n) is 2.94. The fourth-order valence-corrected chi connectivity index (χ4v) is 5.10. The lowest BCUT2D eigenvalue weighted by atomic mass is 10.2. The molecule has 1 aliphatic rings. The first-order valence-corrected chi connectivity index (χ1v) is 10.9. The number of carbonyl (C=O) groups excluding carboxylic acids is 1. The van der Waals surface area contributed by atoms with Crippen LogP contribution in [0.2, 0.25) is 10.0 Å². The zero-order chi connectivity index (χ0) is 20.3. The Balaban J connectivity index is 1.60. The smallest absolute Gasteiger partial charge is 0.260 e. The Kier molecular flexibility index (Phi) is 6.50. The normalized spacial score (nSPS) is 15.5. The number of hydrogen-bond donors (Lipinski definition) is 0. The molecule has 0 radical (unpaired) electrons. The van der Waals surface area contributed by atoms with Crippen LogP contribution in [0.1, 0.15) is 5.56 Å². The zero-order valence-electron chi connectivity index (χ0n) is 15.3. The second-order valence-electron chi connectivity index (χ2n) is 6.41. The first-order chi connectivity index (χ1) is 13.3. The Bertz CT molecular complexity index is 974. The first-order valence-electron chi connectivity index (χ1n) is 8.70. The minimum atomic E-state index is -3.78. The van der Waals surface area contributed by atoms with Gasteiger partial charge in [-0.05, 0) is 36.8 Å². The van der Waals surface area contributed by atoms with Gasteiger partial charge in [0.05, 0.1) is 5.02 Å². The molecule has 0 atom stereocenters. The Morgan fingerprint density at radius 2 is 1.75 bits per heavy atom. The number of para-hydroxylation sites is 1. The number of ether oxygens (including phenoxy) is 1. The molecular formula is C19H20Cl2N2O4S. The van der Waals surface area contributed by atoms with E-state index in [0.29, 0.717) is 10.8 Å².